The molecule has 0 spiro atoms. The van der Waals surface area contributed by atoms with Crippen LogP contribution in [-0.4, -0.2) is 0 Å². The lowest BCUT2D eigenvalue weighted by Crippen LogP contribution is -1.85. The van der Waals surface area contributed by atoms with E-state index in [0.29, 0.717) is 0 Å². The van der Waals surface area contributed by atoms with Gasteiger partial charge in [-0.3, -0.25) is 0 Å². The quantitative estimate of drug-likeness (QED) is 0.561. The Balaban J connectivity index is 0.000000671. The van der Waals surface area contributed by atoms with Crippen LogP contribution in [-0.2, 0) is 0 Å². The summed E-state index contributed by atoms with van der Waals surface area (Å²) in [6, 6.07) is 6.44. The minimum atomic E-state index is 1.14. The van der Waals surface area contributed by atoms with Gasteiger partial charge < -0.3 is 0 Å². The average Bonchev–Trinajstić information content (AvgIpc) is 2.12. The SMILES string of the molecule is C=C.C=C(C)c1cc(C)ccc1C. The van der Waals surface area contributed by atoms with Gasteiger partial charge in [-0.2, -0.15) is 0 Å². The molecule has 0 radical (unpaired) electrons. The first-order chi connectivity index (χ1) is 6.11. The van der Waals surface area contributed by atoms with Crippen LogP contribution in [0.4, 0.5) is 0 Å². The van der Waals surface area contributed by atoms with E-state index >= 15 is 0 Å². The van der Waals surface area contributed by atoms with Gasteiger partial charge in [0.15, 0.2) is 0 Å². The summed E-state index contributed by atoms with van der Waals surface area (Å²) < 4.78 is 0. The molecule has 70 valence electrons. The van der Waals surface area contributed by atoms with E-state index < -0.39 is 0 Å². The first kappa shape index (κ1) is 11.7. The molecular weight excluding hydrogens is 156 g/mol. The fourth-order valence-electron chi connectivity index (χ4n) is 1.20. The molecule has 0 aliphatic rings. The molecule has 0 saturated carbocycles. The van der Waals surface area contributed by atoms with Gasteiger partial charge in [-0.05, 0) is 31.9 Å². The smallest absolute Gasteiger partial charge is 0.0201 e. The fourth-order valence-corrected chi connectivity index (χ4v) is 1.20. The minimum absolute atomic E-state index is 1.14. The highest BCUT2D eigenvalue weighted by Crippen LogP contribution is 2.17. The summed E-state index contributed by atoms with van der Waals surface area (Å²) in [7, 11) is 0. The van der Waals surface area contributed by atoms with Gasteiger partial charge in [0.05, 0.1) is 0 Å². The lowest BCUT2D eigenvalue weighted by Gasteiger charge is -2.05. The second-order valence-electron chi connectivity index (χ2n) is 3.10. The Bertz CT molecular complexity index is 295. The number of hydrogen-bond acceptors (Lipinski definition) is 0. The Kier molecular flexibility index (Phi) is 4.83. The molecule has 0 unspecified atom stereocenters. The number of allylic oxidation sites excluding steroid dienone is 1. The molecule has 1 rings (SSSR count). The zero-order valence-electron chi connectivity index (χ0n) is 8.85. The average molecular weight is 174 g/mol. The Morgan fingerprint density at radius 1 is 1.15 bits per heavy atom. The molecule has 0 amide bonds. The molecule has 0 atom stereocenters. The van der Waals surface area contributed by atoms with E-state index in [1.54, 1.807) is 0 Å². The van der Waals surface area contributed by atoms with Gasteiger partial charge >= 0.3 is 0 Å². The van der Waals surface area contributed by atoms with Crippen molar-refractivity contribution in [1.82, 2.24) is 0 Å². The predicted octanol–water partition coefficient (Wildman–Crippen LogP) is 4.14. The van der Waals surface area contributed by atoms with Crippen LogP contribution >= 0.6 is 0 Å². The summed E-state index contributed by atoms with van der Waals surface area (Å²) in [5, 5.41) is 0. The van der Waals surface area contributed by atoms with E-state index in [2.05, 4.69) is 51.8 Å². The van der Waals surface area contributed by atoms with Gasteiger partial charge in [0.25, 0.3) is 0 Å². The third kappa shape index (κ3) is 3.29. The Hall–Kier alpha value is -1.30. The van der Waals surface area contributed by atoms with Gasteiger partial charge in [-0.25, -0.2) is 0 Å². The van der Waals surface area contributed by atoms with Gasteiger partial charge in [0.1, 0.15) is 0 Å². The largest absolute Gasteiger partial charge is 0.106 e. The standard InChI is InChI=1S/C11H14.C2H4/c1-8(2)11-7-9(3)5-6-10(11)4;1-2/h5-7H,1H2,2-4H3;1-2H2. The topological polar surface area (TPSA) is 0 Å². The van der Waals surface area contributed by atoms with Crippen molar-refractivity contribution in [3.8, 4) is 0 Å². The molecule has 1 aromatic carbocycles. The summed E-state index contributed by atoms with van der Waals surface area (Å²) in [4.78, 5) is 0. The molecule has 0 N–H and O–H groups in total. The van der Waals surface area contributed by atoms with Gasteiger partial charge in [-0.15, -0.1) is 13.2 Å². The normalized spacial score (nSPS) is 8.54. The molecule has 0 aliphatic carbocycles. The summed E-state index contributed by atoms with van der Waals surface area (Å²) in [6.45, 7) is 16.2. The molecule has 0 fully saturated rings. The highest BCUT2D eigenvalue weighted by Gasteiger charge is 1.97. The predicted molar refractivity (Wildman–Crippen MR) is 61.9 cm³/mol. The van der Waals surface area contributed by atoms with Crippen molar-refractivity contribution in [3.63, 3.8) is 0 Å². The van der Waals surface area contributed by atoms with Crippen molar-refractivity contribution >= 4 is 5.57 Å². The van der Waals surface area contributed by atoms with Crippen LogP contribution in [0.15, 0.2) is 37.9 Å². The molecule has 0 heteroatoms. The summed E-state index contributed by atoms with van der Waals surface area (Å²) >= 11 is 0. The molecule has 1 aromatic rings. The van der Waals surface area contributed by atoms with Crippen LogP contribution in [0, 0.1) is 13.8 Å². The van der Waals surface area contributed by atoms with Crippen molar-refractivity contribution in [2.24, 2.45) is 0 Å². The van der Waals surface area contributed by atoms with Crippen LogP contribution in [0.2, 0.25) is 0 Å². The van der Waals surface area contributed by atoms with Crippen LogP contribution in [0.5, 0.6) is 0 Å². The monoisotopic (exact) mass is 174 g/mol. The van der Waals surface area contributed by atoms with Crippen molar-refractivity contribution in [1.29, 1.82) is 0 Å². The van der Waals surface area contributed by atoms with Gasteiger partial charge in [0.2, 0.25) is 0 Å². The Morgan fingerprint density at radius 3 is 2.08 bits per heavy atom. The summed E-state index contributed by atoms with van der Waals surface area (Å²) in [6.07, 6.45) is 0. The van der Waals surface area contributed by atoms with Crippen molar-refractivity contribution < 1.29 is 0 Å². The zero-order valence-corrected chi connectivity index (χ0v) is 8.85. The fraction of sp³-hybridized carbons (Fsp3) is 0.231. The van der Waals surface area contributed by atoms with E-state index in [1.165, 1.54) is 16.7 Å². The summed E-state index contributed by atoms with van der Waals surface area (Å²) in [5.41, 5.74) is 5.04. The molecular formula is C13H18. The minimum Gasteiger partial charge on any atom is -0.106 e. The molecule has 13 heavy (non-hydrogen) atoms. The van der Waals surface area contributed by atoms with Crippen LogP contribution in [0.25, 0.3) is 5.57 Å². The van der Waals surface area contributed by atoms with Crippen LogP contribution < -0.4 is 0 Å². The van der Waals surface area contributed by atoms with Gasteiger partial charge in [0, 0.05) is 0 Å². The first-order valence-electron chi connectivity index (χ1n) is 4.34. The number of hydrogen-bond donors (Lipinski definition) is 0. The lowest BCUT2D eigenvalue weighted by molar-refractivity contribution is 1.36. The highest BCUT2D eigenvalue weighted by molar-refractivity contribution is 5.64. The highest BCUT2D eigenvalue weighted by atomic mass is 14.0. The Labute approximate surface area is 81.6 Å². The van der Waals surface area contributed by atoms with E-state index in [1.807, 2.05) is 6.92 Å². The first-order valence-corrected chi connectivity index (χ1v) is 4.34. The second-order valence-corrected chi connectivity index (χ2v) is 3.10. The van der Waals surface area contributed by atoms with Crippen molar-refractivity contribution in [2.45, 2.75) is 20.8 Å². The van der Waals surface area contributed by atoms with Crippen LogP contribution in [0.3, 0.4) is 0 Å². The van der Waals surface area contributed by atoms with E-state index in [4.69, 9.17) is 0 Å². The molecule has 0 aliphatic heterocycles. The van der Waals surface area contributed by atoms with Crippen LogP contribution in [0.1, 0.15) is 23.6 Å². The van der Waals surface area contributed by atoms with Gasteiger partial charge in [-0.1, -0.05) is 35.9 Å². The maximum atomic E-state index is 3.93. The Morgan fingerprint density at radius 2 is 1.69 bits per heavy atom. The number of aryl methyl sites for hydroxylation is 2. The summed E-state index contributed by atoms with van der Waals surface area (Å²) in [5.74, 6) is 0. The maximum absolute atomic E-state index is 3.93. The van der Waals surface area contributed by atoms with E-state index in [-0.39, 0.29) is 0 Å². The number of benzene rings is 1. The van der Waals surface area contributed by atoms with Crippen molar-refractivity contribution in [2.75, 3.05) is 0 Å². The third-order valence-corrected chi connectivity index (χ3v) is 1.85. The van der Waals surface area contributed by atoms with E-state index in [9.17, 15) is 0 Å². The molecule has 0 bridgehead atoms. The molecule has 0 saturated heterocycles. The molecule has 0 heterocycles. The maximum Gasteiger partial charge on any atom is -0.0201 e. The molecule has 0 nitrogen and oxygen atoms in total. The third-order valence-electron chi connectivity index (χ3n) is 1.85. The van der Waals surface area contributed by atoms with E-state index in [0.717, 1.165) is 5.57 Å². The zero-order chi connectivity index (χ0) is 10.4. The molecule has 0 aromatic heterocycles. The second kappa shape index (κ2) is 5.36. The number of rotatable bonds is 1. The van der Waals surface area contributed by atoms with Crippen molar-refractivity contribution in [3.05, 3.63) is 54.6 Å². The lowest BCUT2D eigenvalue weighted by atomic mass is 10.0.